The number of nitrogens with zero attached hydrogens (tertiary/aromatic N) is 1. The third-order valence-electron chi connectivity index (χ3n) is 5.05. The Balaban J connectivity index is 1.73. The van der Waals surface area contributed by atoms with Crippen molar-refractivity contribution in [3.05, 3.63) is 11.3 Å². The molecule has 1 saturated heterocycles. The second-order valence-corrected chi connectivity index (χ2v) is 7.50. The molecule has 1 aromatic rings. The van der Waals surface area contributed by atoms with E-state index in [0.717, 1.165) is 31.2 Å². The van der Waals surface area contributed by atoms with Crippen LogP contribution in [0.4, 0.5) is 5.82 Å². The molecule has 0 spiro atoms. The molecule has 0 saturated carbocycles. The predicted molar refractivity (Wildman–Crippen MR) is 83.1 cm³/mol. The van der Waals surface area contributed by atoms with Gasteiger partial charge in [-0.15, -0.1) is 0 Å². The van der Waals surface area contributed by atoms with Crippen LogP contribution < -0.4 is 10.6 Å². The molecule has 4 heteroatoms. The average molecular weight is 276 g/mol. The molecule has 2 heterocycles. The minimum absolute atomic E-state index is 0.390. The third kappa shape index (κ3) is 2.85. The first-order chi connectivity index (χ1) is 9.54. The first kappa shape index (κ1) is 13.9. The first-order valence-electron chi connectivity index (χ1n) is 8.07. The molecule has 112 valence electrons. The van der Waals surface area contributed by atoms with Crippen molar-refractivity contribution in [1.82, 2.24) is 15.5 Å². The van der Waals surface area contributed by atoms with Crippen molar-refractivity contribution in [2.24, 2.45) is 11.3 Å². The molecule has 0 bridgehead atoms. The van der Waals surface area contributed by atoms with Crippen molar-refractivity contribution in [3.63, 3.8) is 0 Å². The lowest BCUT2D eigenvalue weighted by Gasteiger charge is -2.34. The summed E-state index contributed by atoms with van der Waals surface area (Å²) in [4.78, 5) is 0. The number of piperidine rings is 1. The highest BCUT2D eigenvalue weighted by Crippen LogP contribution is 2.38. The molecule has 1 fully saturated rings. The van der Waals surface area contributed by atoms with Crippen molar-refractivity contribution < 1.29 is 0 Å². The van der Waals surface area contributed by atoms with Crippen LogP contribution in [0.15, 0.2) is 0 Å². The Hall–Kier alpha value is -1.03. The van der Waals surface area contributed by atoms with E-state index in [1.807, 2.05) is 0 Å². The van der Waals surface area contributed by atoms with Gasteiger partial charge in [0.25, 0.3) is 0 Å². The number of anilines is 1. The highest BCUT2D eigenvalue weighted by molar-refractivity contribution is 5.48. The van der Waals surface area contributed by atoms with Gasteiger partial charge < -0.3 is 10.6 Å². The van der Waals surface area contributed by atoms with E-state index in [1.165, 1.54) is 36.9 Å². The Morgan fingerprint density at radius 3 is 2.60 bits per heavy atom. The molecule has 0 radical (unpaired) electrons. The van der Waals surface area contributed by atoms with Crippen LogP contribution in [-0.4, -0.2) is 29.3 Å². The Morgan fingerprint density at radius 2 is 1.90 bits per heavy atom. The van der Waals surface area contributed by atoms with Crippen LogP contribution in [-0.2, 0) is 12.8 Å². The van der Waals surface area contributed by atoms with Crippen LogP contribution in [0.3, 0.4) is 0 Å². The number of hydrogen-bond donors (Lipinski definition) is 3. The number of fused-ring (bicyclic) bond motifs is 1. The summed E-state index contributed by atoms with van der Waals surface area (Å²) in [5, 5.41) is 14.9. The number of aryl methyl sites for hydroxylation is 1. The van der Waals surface area contributed by atoms with E-state index >= 15 is 0 Å². The summed E-state index contributed by atoms with van der Waals surface area (Å²) < 4.78 is 0. The summed E-state index contributed by atoms with van der Waals surface area (Å²) in [5.41, 5.74) is 3.21. The van der Waals surface area contributed by atoms with Gasteiger partial charge in [0.2, 0.25) is 0 Å². The fourth-order valence-corrected chi connectivity index (χ4v) is 3.51. The fourth-order valence-electron chi connectivity index (χ4n) is 3.51. The smallest absolute Gasteiger partial charge is 0.151 e. The number of hydrogen-bond acceptors (Lipinski definition) is 3. The number of aromatic amines is 1. The van der Waals surface area contributed by atoms with E-state index in [4.69, 9.17) is 0 Å². The van der Waals surface area contributed by atoms with Crippen LogP contribution in [0, 0.1) is 11.3 Å². The molecule has 3 rings (SSSR count). The molecule has 0 aromatic carbocycles. The third-order valence-corrected chi connectivity index (χ3v) is 5.05. The van der Waals surface area contributed by atoms with Gasteiger partial charge in [-0.3, -0.25) is 5.10 Å². The lowest BCUT2D eigenvalue weighted by atomic mass is 9.72. The zero-order valence-corrected chi connectivity index (χ0v) is 13.1. The standard InChI is InChI=1S/C16H28N4/c1-16(2,3)11-4-5-14-13(10-11)15(20-19-14)18-12-6-8-17-9-7-12/h11-12,17H,4-10H2,1-3H3,(H2,18,19,20). The summed E-state index contributed by atoms with van der Waals surface area (Å²) in [5.74, 6) is 1.89. The molecule has 1 aliphatic heterocycles. The van der Waals surface area contributed by atoms with Crippen LogP contribution in [0.1, 0.15) is 51.3 Å². The van der Waals surface area contributed by atoms with Crippen LogP contribution >= 0.6 is 0 Å². The lowest BCUT2D eigenvalue weighted by Crippen LogP contribution is -2.35. The van der Waals surface area contributed by atoms with Crippen molar-refractivity contribution in [2.75, 3.05) is 18.4 Å². The topological polar surface area (TPSA) is 52.7 Å². The Bertz CT molecular complexity index is 452. The van der Waals surface area contributed by atoms with Crippen molar-refractivity contribution >= 4 is 5.82 Å². The van der Waals surface area contributed by atoms with Gasteiger partial charge in [0.15, 0.2) is 5.82 Å². The summed E-state index contributed by atoms with van der Waals surface area (Å²) in [6, 6.07) is 0.582. The van der Waals surface area contributed by atoms with Gasteiger partial charge in [-0.25, -0.2) is 0 Å². The van der Waals surface area contributed by atoms with Crippen LogP contribution in [0.25, 0.3) is 0 Å². The maximum Gasteiger partial charge on any atom is 0.151 e. The first-order valence-corrected chi connectivity index (χ1v) is 8.07. The van der Waals surface area contributed by atoms with Crippen LogP contribution in [0.2, 0.25) is 0 Å². The normalized spacial score (nSPS) is 24.4. The monoisotopic (exact) mass is 276 g/mol. The summed E-state index contributed by atoms with van der Waals surface area (Å²) >= 11 is 0. The zero-order chi connectivity index (χ0) is 14.2. The zero-order valence-electron chi connectivity index (χ0n) is 13.1. The lowest BCUT2D eigenvalue weighted by molar-refractivity contribution is 0.215. The minimum Gasteiger partial charge on any atom is -0.366 e. The van der Waals surface area contributed by atoms with E-state index in [9.17, 15) is 0 Å². The van der Waals surface area contributed by atoms with E-state index in [1.54, 1.807) is 0 Å². The number of aromatic nitrogens is 2. The maximum atomic E-state index is 4.55. The molecule has 1 unspecified atom stereocenters. The van der Waals surface area contributed by atoms with Gasteiger partial charge in [-0.2, -0.15) is 5.10 Å². The van der Waals surface area contributed by atoms with E-state index < -0.39 is 0 Å². The predicted octanol–water partition coefficient (Wildman–Crippen LogP) is 2.72. The second-order valence-electron chi connectivity index (χ2n) is 7.50. The van der Waals surface area contributed by atoms with Gasteiger partial charge in [0.05, 0.1) is 0 Å². The highest BCUT2D eigenvalue weighted by atomic mass is 15.2. The van der Waals surface area contributed by atoms with Gasteiger partial charge in [-0.05, 0) is 56.5 Å². The molecular weight excluding hydrogens is 248 g/mol. The van der Waals surface area contributed by atoms with Crippen molar-refractivity contribution in [2.45, 2.75) is 58.9 Å². The summed E-state index contributed by atoms with van der Waals surface area (Å²) in [7, 11) is 0. The van der Waals surface area contributed by atoms with Crippen LogP contribution in [0.5, 0.6) is 0 Å². The molecule has 1 aliphatic carbocycles. The minimum atomic E-state index is 0.390. The number of H-pyrrole nitrogens is 1. The molecule has 4 nitrogen and oxygen atoms in total. The molecular formula is C16H28N4. The average Bonchev–Trinajstić information content (AvgIpc) is 2.82. The van der Waals surface area contributed by atoms with Gasteiger partial charge >= 0.3 is 0 Å². The molecule has 20 heavy (non-hydrogen) atoms. The Kier molecular flexibility index (Phi) is 3.76. The van der Waals surface area contributed by atoms with Gasteiger partial charge in [-0.1, -0.05) is 20.8 Å². The second kappa shape index (κ2) is 5.40. The van der Waals surface area contributed by atoms with Gasteiger partial charge in [0, 0.05) is 17.3 Å². The highest BCUT2D eigenvalue weighted by Gasteiger charge is 2.31. The van der Waals surface area contributed by atoms with Gasteiger partial charge in [0.1, 0.15) is 0 Å². The quantitative estimate of drug-likeness (QED) is 0.778. The van der Waals surface area contributed by atoms with E-state index in [2.05, 4.69) is 41.6 Å². The summed E-state index contributed by atoms with van der Waals surface area (Å²) in [6.45, 7) is 9.33. The molecule has 0 amide bonds. The fraction of sp³-hybridized carbons (Fsp3) is 0.812. The Morgan fingerprint density at radius 1 is 1.15 bits per heavy atom. The Labute approximate surface area is 122 Å². The maximum absolute atomic E-state index is 4.55. The molecule has 2 aliphatic rings. The van der Waals surface area contributed by atoms with Crippen molar-refractivity contribution in [3.8, 4) is 0 Å². The molecule has 1 atom stereocenters. The van der Waals surface area contributed by atoms with E-state index in [0.29, 0.717) is 11.5 Å². The SMILES string of the molecule is CC(C)(C)C1CCc2[nH]nc(NC3CCNCC3)c2C1. The van der Waals surface area contributed by atoms with E-state index in [-0.39, 0.29) is 0 Å². The van der Waals surface area contributed by atoms with Crippen molar-refractivity contribution in [1.29, 1.82) is 0 Å². The largest absolute Gasteiger partial charge is 0.366 e. The summed E-state index contributed by atoms with van der Waals surface area (Å²) in [6.07, 6.45) is 6.00. The molecule has 3 N–H and O–H groups in total. The molecule has 1 aromatic heterocycles. The number of rotatable bonds is 2. The number of nitrogens with one attached hydrogen (secondary N) is 3.